The molecule has 0 aliphatic carbocycles. The molecule has 11 heavy (non-hydrogen) atoms. The molecule has 0 radical (unpaired) electrons. The highest BCUT2D eigenvalue weighted by Crippen LogP contribution is 1.93. The number of quaternary nitrogens is 1. The van der Waals surface area contributed by atoms with Gasteiger partial charge in [-0.25, -0.2) is 0 Å². The quantitative estimate of drug-likeness (QED) is 0.476. The number of benzene rings is 1. The second-order valence-corrected chi connectivity index (χ2v) is 1.81. The van der Waals surface area contributed by atoms with Crippen LogP contribution in [0.15, 0.2) is 35.7 Å². The van der Waals surface area contributed by atoms with Crippen LogP contribution in [0.5, 0.6) is 0 Å². The van der Waals surface area contributed by atoms with Crippen molar-refractivity contribution >= 4 is 0 Å². The highest BCUT2D eigenvalue weighted by atomic mass is 16.6. The van der Waals surface area contributed by atoms with Crippen LogP contribution >= 0.6 is 0 Å². The van der Waals surface area contributed by atoms with E-state index in [0.29, 0.717) is 0 Å². The SMILES string of the molecule is O=N[O-].[NH3+]Cc1ccccc1. The van der Waals surface area contributed by atoms with Crippen molar-refractivity contribution in [1.82, 2.24) is 0 Å². The van der Waals surface area contributed by atoms with Crippen LogP contribution in [-0.2, 0) is 6.54 Å². The number of hydrogen-bond acceptors (Lipinski definition) is 3. The van der Waals surface area contributed by atoms with Gasteiger partial charge in [-0.1, -0.05) is 30.3 Å². The van der Waals surface area contributed by atoms with Gasteiger partial charge in [-0.2, -0.15) is 0 Å². The average molecular weight is 154 g/mol. The Balaban J connectivity index is 0.000000292. The molecule has 1 rings (SSSR count). The van der Waals surface area contributed by atoms with E-state index in [1.54, 1.807) is 0 Å². The monoisotopic (exact) mass is 154 g/mol. The zero-order valence-corrected chi connectivity index (χ0v) is 6.06. The molecule has 0 heterocycles. The van der Waals surface area contributed by atoms with Crippen LogP contribution in [0.25, 0.3) is 0 Å². The lowest BCUT2D eigenvalue weighted by Gasteiger charge is -1.87. The Morgan fingerprint density at radius 3 is 2.09 bits per heavy atom. The summed E-state index contributed by atoms with van der Waals surface area (Å²) in [5, 5.41) is 9.00. The number of nitrogens with zero attached hydrogens (tertiary/aromatic N) is 1. The lowest BCUT2D eigenvalue weighted by molar-refractivity contribution is -0.386. The van der Waals surface area contributed by atoms with E-state index >= 15 is 0 Å². The molecule has 0 amide bonds. The fraction of sp³-hybridized carbons (Fsp3) is 0.143. The van der Waals surface area contributed by atoms with Gasteiger partial charge in [0, 0.05) is 5.56 Å². The summed E-state index contributed by atoms with van der Waals surface area (Å²) in [5.74, 6) is 0. The van der Waals surface area contributed by atoms with Crippen molar-refractivity contribution in [3.8, 4) is 0 Å². The van der Waals surface area contributed by atoms with Crippen LogP contribution in [0.3, 0.4) is 0 Å². The largest absolute Gasteiger partial charge is 0.444 e. The van der Waals surface area contributed by atoms with Crippen molar-refractivity contribution in [2.45, 2.75) is 6.54 Å². The second-order valence-electron chi connectivity index (χ2n) is 1.81. The maximum atomic E-state index is 8.00. The first kappa shape index (κ1) is 9.58. The fourth-order valence-electron chi connectivity index (χ4n) is 0.645. The maximum Gasteiger partial charge on any atom is 0.0997 e. The number of rotatable bonds is 1. The molecule has 3 N–H and O–H groups in total. The number of hydrogen-bond donors (Lipinski definition) is 1. The third kappa shape index (κ3) is 5.05. The first-order chi connectivity index (χ1) is 5.35. The lowest BCUT2D eigenvalue weighted by atomic mass is 10.2. The van der Waals surface area contributed by atoms with E-state index in [9.17, 15) is 0 Å². The molecular formula is C7H10N2O2. The summed E-state index contributed by atoms with van der Waals surface area (Å²) < 4.78 is 0. The van der Waals surface area contributed by atoms with Crippen LogP contribution in [0.1, 0.15) is 5.56 Å². The summed E-state index contributed by atoms with van der Waals surface area (Å²) in [6, 6.07) is 10.2. The van der Waals surface area contributed by atoms with Gasteiger partial charge in [0.2, 0.25) is 0 Å². The first-order valence-corrected chi connectivity index (χ1v) is 3.13. The summed E-state index contributed by atoms with van der Waals surface area (Å²) in [5.41, 5.74) is 5.05. The Morgan fingerprint density at radius 2 is 1.82 bits per heavy atom. The van der Waals surface area contributed by atoms with Gasteiger partial charge in [0.1, 0.15) is 0 Å². The van der Waals surface area contributed by atoms with Crippen LogP contribution in [0.2, 0.25) is 0 Å². The Bertz CT molecular complexity index is 189. The first-order valence-electron chi connectivity index (χ1n) is 3.13. The third-order valence-electron chi connectivity index (χ3n) is 1.13. The van der Waals surface area contributed by atoms with Gasteiger partial charge < -0.3 is 15.8 Å². The molecule has 1 aromatic rings. The molecule has 0 spiro atoms. The summed E-state index contributed by atoms with van der Waals surface area (Å²) in [4.78, 5) is 8.00. The van der Waals surface area contributed by atoms with Crippen molar-refractivity contribution in [3.05, 3.63) is 46.0 Å². The average Bonchev–Trinajstić information content (AvgIpc) is 2.08. The van der Waals surface area contributed by atoms with Crippen molar-refractivity contribution in [1.29, 1.82) is 0 Å². The van der Waals surface area contributed by atoms with Crippen molar-refractivity contribution in [2.24, 2.45) is 5.34 Å². The molecular weight excluding hydrogens is 144 g/mol. The molecule has 0 unspecified atom stereocenters. The minimum atomic E-state index is 0.890. The van der Waals surface area contributed by atoms with Crippen LogP contribution in [0.4, 0.5) is 0 Å². The van der Waals surface area contributed by atoms with Gasteiger partial charge in [0.15, 0.2) is 0 Å². The molecule has 4 heteroatoms. The zero-order valence-electron chi connectivity index (χ0n) is 6.06. The summed E-state index contributed by atoms with van der Waals surface area (Å²) in [6.07, 6.45) is 0. The zero-order chi connectivity index (χ0) is 8.53. The van der Waals surface area contributed by atoms with Gasteiger partial charge in [-0.3, -0.25) is 0 Å². The maximum absolute atomic E-state index is 8.00. The summed E-state index contributed by atoms with van der Waals surface area (Å²) in [6.45, 7) is 0.890. The van der Waals surface area contributed by atoms with Gasteiger partial charge in [-0.15, -0.1) is 5.34 Å². The fourth-order valence-corrected chi connectivity index (χ4v) is 0.645. The Kier molecular flexibility index (Phi) is 5.83. The van der Waals surface area contributed by atoms with Crippen molar-refractivity contribution in [3.63, 3.8) is 0 Å². The third-order valence-corrected chi connectivity index (χ3v) is 1.13. The van der Waals surface area contributed by atoms with Crippen LogP contribution < -0.4 is 5.73 Å². The molecule has 0 fully saturated rings. The predicted molar refractivity (Wildman–Crippen MR) is 42.2 cm³/mol. The van der Waals surface area contributed by atoms with E-state index in [1.807, 2.05) is 18.2 Å². The minimum absolute atomic E-state index is 0.890. The molecule has 60 valence electrons. The van der Waals surface area contributed by atoms with E-state index in [0.717, 1.165) is 11.9 Å². The highest BCUT2D eigenvalue weighted by molar-refractivity contribution is 5.12. The molecule has 4 nitrogen and oxygen atoms in total. The van der Waals surface area contributed by atoms with E-state index in [-0.39, 0.29) is 0 Å². The standard InChI is InChI=1S/C7H9N.HNO2/c8-6-7-4-2-1-3-5-7;2-1-3/h1-5H,6,8H2;(H,2,3). The molecule has 1 aromatic carbocycles. The van der Waals surface area contributed by atoms with E-state index in [4.69, 9.17) is 10.1 Å². The van der Waals surface area contributed by atoms with Crippen molar-refractivity contribution < 1.29 is 5.73 Å². The molecule has 0 aromatic heterocycles. The Hall–Kier alpha value is -1.42. The molecule has 0 bridgehead atoms. The smallest absolute Gasteiger partial charge is 0.0997 e. The second kappa shape index (κ2) is 6.70. The van der Waals surface area contributed by atoms with E-state index in [2.05, 4.69) is 17.9 Å². The lowest BCUT2D eigenvalue weighted by Crippen LogP contribution is -2.47. The van der Waals surface area contributed by atoms with Gasteiger partial charge in [0.05, 0.1) is 6.54 Å². The predicted octanol–water partition coefficient (Wildman–Crippen LogP) is 0.679. The highest BCUT2D eigenvalue weighted by Gasteiger charge is 1.82. The topological polar surface area (TPSA) is 80.1 Å². The van der Waals surface area contributed by atoms with Gasteiger partial charge >= 0.3 is 0 Å². The van der Waals surface area contributed by atoms with E-state index < -0.39 is 0 Å². The summed E-state index contributed by atoms with van der Waals surface area (Å²) in [7, 11) is 0. The molecule has 0 atom stereocenters. The van der Waals surface area contributed by atoms with Crippen molar-refractivity contribution in [2.75, 3.05) is 0 Å². The van der Waals surface area contributed by atoms with Crippen LogP contribution in [0, 0.1) is 10.1 Å². The normalized spacial score (nSPS) is 7.73. The molecule has 0 saturated carbocycles. The van der Waals surface area contributed by atoms with Gasteiger partial charge in [0.25, 0.3) is 0 Å². The summed E-state index contributed by atoms with van der Waals surface area (Å²) >= 11 is 0. The van der Waals surface area contributed by atoms with Crippen LogP contribution in [-0.4, -0.2) is 0 Å². The molecule has 0 saturated heterocycles. The van der Waals surface area contributed by atoms with E-state index in [1.165, 1.54) is 5.56 Å². The van der Waals surface area contributed by atoms with Gasteiger partial charge in [-0.05, 0) is 0 Å². The Labute approximate surface area is 64.6 Å². The molecule has 0 aliphatic heterocycles. The molecule has 0 aliphatic rings. The minimum Gasteiger partial charge on any atom is -0.444 e. The Morgan fingerprint density at radius 1 is 1.36 bits per heavy atom.